The molecule has 1 aromatic heterocycles. The molecule has 11 heteroatoms. The van der Waals surface area contributed by atoms with Crippen LogP contribution in [0.4, 0.5) is 11.4 Å². The third-order valence-corrected chi connectivity index (χ3v) is 4.56. The third kappa shape index (κ3) is 4.57. The number of rotatable bonds is 6. The monoisotopic (exact) mass is 397 g/mol. The molecule has 2 aromatic carbocycles. The lowest BCUT2D eigenvalue weighted by molar-refractivity contribution is -0.384. The Hall–Kier alpha value is -3.60. The van der Waals surface area contributed by atoms with Crippen LogP contribution in [0.2, 0.25) is 0 Å². The number of carbonyl (C=O) groups excluding carboxylic acids is 1. The number of tetrazole rings is 1. The van der Waals surface area contributed by atoms with Crippen LogP contribution in [0.1, 0.15) is 12.5 Å². The van der Waals surface area contributed by atoms with Crippen LogP contribution in [0.25, 0.3) is 5.69 Å². The van der Waals surface area contributed by atoms with Crippen molar-refractivity contribution in [2.24, 2.45) is 5.10 Å². The van der Waals surface area contributed by atoms with Crippen LogP contribution in [0.15, 0.2) is 58.8 Å². The van der Waals surface area contributed by atoms with E-state index in [0.717, 1.165) is 23.0 Å². The summed E-state index contributed by atoms with van der Waals surface area (Å²) in [5.74, 6) is -0.304. The molecule has 0 saturated heterocycles. The smallest absolute Gasteiger partial charge is 0.271 e. The van der Waals surface area contributed by atoms with Gasteiger partial charge in [0.25, 0.3) is 5.69 Å². The number of nitrogens with zero attached hydrogens (tertiary/aromatic N) is 6. The predicted octanol–water partition coefficient (Wildman–Crippen LogP) is 2.99. The normalized spacial score (nSPS) is 11.3. The van der Waals surface area contributed by atoms with Gasteiger partial charge < -0.3 is 0 Å². The van der Waals surface area contributed by atoms with Crippen molar-refractivity contribution in [3.8, 4) is 5.69 Å². The summed E-state index contributed by atoms with van der Waals surface area (Å²) in [6.07, 6.45) is 0. The zero-order valence-corrected chi connectivity index (χ0v) is 15.8. The lowest BCUT2D eigenvalue weighted by atomic mass is 10.2. The summed E-state index contributed by atoms with van der Waals surface area (Å²) < 4.78 is 1.50. The van der Waals surface area contributed by atoms with Crippen molar-refractivity contribution in [3.63, 3.8) is 0 Å². The predicted molar refractivity (Wildman–Crippen MR) is 105 cm³/mol. The van der Waals surface area contributed by atoms with E-state index in [4.69, 9.17) is 0 Å². The van der Waals surface area contributed by atoms with E-state index in [1.165, 1.54) is 29.8 Å². The van der Waals surface area contributed by atoms with Crippen LogP contribution in [-0.4, -0.2) is 36.0 Å². The van der Waals surface area contributed by atoms with Crippen molar-refractivity contribution < 1.29 is 9.72 Å². The number of thioether (sulfide) groups is 1. The van der Waals surface area contributed by atoms with Crippen molar-refractivity contribution in [1.82, 2.24) is 20.2 Å². The zero-order valence-electron chi connectivity index (χ0n) is 14.9. The fourth-order valence-electron chi connectivity index (χ4n) is 2.15. The number of benzene rings is 2. The topological polar surface area (TPSA) is 128 Å². The van der Waals surface area contributed by atoms with E-state index < -0.39 is 4.92 Å². The molecular weight excluding hydrogens is 382 g/mol. The van der Waals surface area contributed by atoms with Gasteiger partial charge in [0.05, 0.1) is 16.3 Å². The summed E-state index contributed by atoms with van der Waals surface area (Å²) >= 11 is 0.990. The molecule has 3 rings (SSSR count). The Kier molecular flexibility index (Phi) is 5.75. The van der Waals surface area contributed by atoms with Gasteiger partial charge in [0.2, 0.25) is 5.16 Å². The average Bonchev–Trinajstić information content (AvgIpc) is 3.14. The van der Waals surface area contributed by atoms with Crippen LogP contribution in [0.5, 0.6) is 0 Å². The summed E-state index contributed by atoms with van der Waals surface area (Å²) in [6, 6.07) is 13.4. The number of nitrogens with one attached hydrogen (secondary N) is 1. The first-order chi connectivity index (χ1) is 13.4. The Morgan fingerprint density at radius 2 is 2.00 bits per heavy atom. The van der Waals surface area contributed by atoms with Crippen molar-refractivity contribution in [2.75, 3.05) is 5.43 Å². The van der Waals surface area contributed by atoms with E-state index in [1.807, 2.05) is 31.2 Å². The maximum Gasteiger partial charge on any atom is 0.271 e. The number of nitro groups is 1. The van der Waals surface area contributed by atoms with E-state index in [2.05, 4.69) is 26.1 Å². The van der Waals surface area contributed by atoms with Gasteiger partial charge in [-0.25, -0.2) is 0 Å². The molecule has 0 unspecified atom stereocenters. The molecule has 3 aromatic rings. The molecule has 0 aliphatic carbocycles. The first-order valence-electron chi connectivity index (χ1n) is 8.06. The number of non-ortho nitro benzene ring substituents is 1. The summed E-state index contributed by atoms with van der Waals surface area (Å²) in [6.45, 7) is 3.33. The second-order valence-corrected chi connectivity index (χ2v) is 6.66. The highest BCUT2D eigenvalue weighted by molar-refractivity contribution is 8.15. The maximum atomic E-state index is 12.0. The molecule has 0 saturated carbocycles. The van der Waals surface area contributed by atoms with Crippen LogP contribution >= 0.6 is 11.8 Å². The molecule has 1 N–H and O–H groups in total. The van der Waals surface area contributed by atoms with Gasteiger partial charge in [-0.15, -0.1) is 5.10 Å². The minimum atomic E-state index is -0.509. The van der Waals surface area contributed by atoms with Crippen molar-refractivity contribution in [3.05, 3.63) is 64.2 Å². The lowest BCUT2D eigenvalue weighted by Gasteiger charge is -2.06. The SMILES string of the molecule is CC(=O)C(=NNc1cccc([N+](=O)[O-])c1)Sc1nnnn1-c1ccc(C)cc1. The van der Waals surface area contributed by atoms with Gasteiger partial charge in [0.1, 0.15) is 0 Å². The summed E-state index contributed by atoms with van der Waals surface area (Å²) in [5, 5.41) is 27.0. The molecule has 0 aliphatic heterocycles. The van der Waals surface area contributed by atoms with Gasteiger partial charge in [-0.05, 0) is 47.3 Å². The van der Waals surface area contributed by atoms with E-state index in [-0.39, 0.29) is 16.5 Å². The van der Waals surface area contributed by atoms with Crippen molar-refractivity contribution in [2.45, 2.75) is 19.0 Å². The van der Waals surface area contributed by atoms with Gasteiger partial charge >= 0.3 is 0 Å². The number of ketones is 1. The summed E-state index contributed by atoms with van der Waals surface area (Å²) in [7, 11) is 0. The third-order valence-electron chi connectivity index (χ3n) is 3.55. The second-order valence-electron chi connectivity index (χ2n) is 5.70. The van der Waals surface area contributed by atoms with Crippen LogP contribution < -0.4 is 5.43 Å². The molecule has 0 aliphatic rings. The molecular formula is C17H15N7O3S. The number of hydrogen-bond donors (Lipinski definition) is 1. The van der Waals surface area contributed by atoms with Crippen molar-refractivity contribution >= 4 is 34.0 Å². The standard InChI is InChI=1S/C17H15N7O3S/c1-11-6-8-14(9-7-11)23-17(20-21-22-23)28-16(12(2)25)19-18-13-4-3-5-15(10-13)24(26)27/h3-10,18H,1-2H3. The Morgan fingerprint density at radius 3 is 2.68 bits per heavy atom. The van der Waals surface area contributed by atoms with E-state index in [9.17, 15) is 14.9 Å². The van der Waals surface area contributed by atoms with E-state index in [0.29, 0.717) is 10.8 Å². The van der Waals surface area contributed by atoms with Gasteiger partial charge in [0.15, 0.2) is 10.8 Å². The Morgan fingerprint density at radius 1 is 1.25 bits per heavy atom. The number of aromatic nitrogens is 4. The quantitative estimate of drug-likeness (QED) is 0.221. The molecule has 0 bridgehead atoms. The number of aryl methyl sites for hydroxylation is 1. The van der Waals surface area contributed by atoms with E-state index in [1.54, 1.807) is 6.07 Å². The number of hydrogen-bond acceptors (Lipinski definition) is 9. The number of Topliss-reactive ketones (excluding diaryl/α,β-unsaturated/α-hetero) is 1. The lowest BCUT2D eigenvalue weighted by Crippen LogP contribution is -2.10. The van der Waals surface area contributed by atoms with Gasteiger partial charge in [-0.2, -0.15) is 9.78 Å². The first kappa shape index (κ1) is 19.2. The number of nitro benzene ring substituents is 1. The summed E-state index contributed by atoms with van der Waals surface area (Å²) in [5.41, 5.74) is 4.80. The fraction of sp³-hybridized carbons (Fsp3) is 0.118. The van der Waals surface area contributed by atoms with Crippen LogP contribution in [0.3, 0.4) is 0 Å². The zero-order chi connectivity index (χ0) is 20.1. The molecule has 0 fully saturated rings. The Labute approximate surface area is 163 Å². The molecule has 0 amide bonds. The number of anilines is 1. The van der Waals surface area contributed by atoms with Gasteiger partial charge in [0, 0.05) is 19.1 Å². The van der Waals surface area contributed by atoms with Crippen LogP contribution in [-0.2, 0) is 4.79 Å². The second kappa shape index (κ2) is 8.39. The van der Waals surface area contributed by atoms with Gasteiger partial charge in [-0.1, -0.05) is 23.8 Å². The molecule has 1 heterocycles. The minimum Gasteiger partial charge on any atom is -0.292 e. The van der Waals surface area contributed by atoms with E-state index >= 15 is 0 Å². The summed E-state index contributed by atoms with van der Waals surface area (Å²) in [4.78, 5) is 22.3. The first-order valence-corrected chi connectivity index (χ1v) is 8.88. The Bertz CT molecular complexity index is 1050. The minimum absolute atomic E-state index is 0.0828. The average molecular weight is 397 g/mol. The largest absolute Gasteiger partial charge is 0.292 e. The number of carbonyl (C=O) groups is 1. The molecule has 10 nitrogen and oxygen atoms in total. The van der Waals surface area contributed by atoms with Gasteiger partial charge in [-0.3, -0.25) is 20.3 Å². The van der Waals surface area contributed by atoms with Crippen LogP contribution in [0, 0.1) is 17.0 Å². The Balaban J connectivity index is 1.83. The molecule has 28 heavy (non-hydrogen) atoms. The highest BCUT2D eigenvalue weighted by Crippen LogP contribution is 2.22. The molecule has 0 atom stereocenters. The maximum absolute atomic E-state index is 12.0. The molecule has 0 spiro atoms. The molecule has 142 valence electrons. The fourth-order valence-corrected chi connectivity index (χ4v) is 2.87. The number of hydrazone groups is 1. The molecule has 0 radical (unpaired) electrons. The highest BCUT2D eigenvalue weighted by atomic mass is 32.2. The highest BCUT2D eigenvalue weighted by Gasteiger charge is 2.16. The van der Waals surface area contributed by atoms with Crippen molar-refractivity contribution in [1.29, 1.82) is 0 Å².